The summed E-state index contributed by atoms with van der Waals surface area (Å²) in [4.78, 5) is 26.2. The van der Waals surface area contributed by atoms with Crippen molar-refractivity contribution in [2.24, 2.45) is 0 Å². The van der Waals surface area contributed by atoms with Crippen molar-refractivity contribution in [2.45, 2.75) is 5.75 Å². The van der Waals surface area contributed by atoms with Gasteiger partial charge in [0.25, 0.3) is 11.8 Å². The molecule has 0 saturated heterocycles. The van der Waals surface area contributed by atoms with Gasteiger partial charge in [-0.1, -0.05) is 12.1 Å². The summed E-state index contributed by atoms with van der Waals surface area (Å²) in [5.74, 6) is 1.61. The predicted molar refractivity (Wildman–Crippen MR) is 112 cm³/mol. The SMILES string of the molecule is O=C(NCCSCc1cccs1)c1ccc(NC(=O)c2cccs2)cc1. The zero-order valence-electron chi connectivity index (χ0n) is 13.9. The van der Waals surface area contributed by atoms with Gasteiger partial charge in [0.2, 0.25) is 0 Å². The molecule has 0 radical (unpaired) electrons. The Morgan fingerprint density at radius 2 is 1.69 bits per heavy atom. The van der Waals surface area contributed by atoms with Crippen LogP contribution in [0.5, 0.6) is 0 Å². The Bertz CT molecular complexity index is 828. The summed E-state index contributed by atoms with van der Waals surface area (Å²) in [6, 6.07) is 14.7. The molecular formula is C19H18N2O2S3. The second-order valence-electron chi connectivity index (χ2n) is 5.40. The monoisotopic (exact) mass is 402 g/mol. The summed E-state index contributed by atoms with van der Waals surface area (Å²) in [5.41, 5.74) is 1.26. The quantitative estimate of drug-likeness (QED) is 0.536. The highest BCUT2D eigenvalue weighted by Gasteiger charge is 2.08. The fourth-order valence-electron chi connectivity index (χ4n) is 2.21. The lowest BCUT2D eigenvalue weighted by molar-refractivity contribution is 0.0955. The zero-order chi connectivity index (χ0) is 18.2. The van der Waals surface area contributed by atoms with Gasteiger partial charge in [0, 0.05) is 34.2 Å². The number of carbonyl (C=O) groups is 2. The maximum absolute atomic E-state index is 12.2. The number of nitrogens with one attached hydrogen (secondary N) is 2. The molecule has 3 rings (SSSR count). The van der Waals surface area contributed by atoms with Crippen molar-refractivity contribution in [3.63, 3.8) is 0 Å². The van der Waals surface area contributed by atoms with Crippen LogP contribution in [0.25, 0.3) is 0 Å². The Hall–Kier alpha value is -2.09. The Balaban J connectivity index is 1.41. The zero-order valence-corrected chi connectivity index (χ0v) is 16.4. The van der Waals surface area contributed by atoms with Crippen LogP contribution in [0, 0.1) is 0 Å². The molecule has 0 atom stereocenters. The van der Waals surface area contributed by atoms with Gasteiger partial charge in [-0.3, -0.25) is 9.59 Å². The van der Waals surface area contributed by atoms with Gasteiger partial charge < -0.3 is 10.6 Å². The fourth-order valence-corrected chi connectivity index (χ4v) is 4.53. The topological polar surface area (TPSA) is 58.2 Å². The minimum atomic E-state index is -0.139. The van der Waals surface area contributed by atoms with E-state index < -0.39 is 0 Å². The molecular weight excluding hydrogens is 384 g/mol. The Labute approximate surface area is 164 Å². The van der Waals surface area contributed by atoms with Crippen molar-refractivity contribution in [3.05, 3.63) is 74.6 Å². The summed E-state index contributed by atoms with van der Waals surface area (Å²) in [7, 11) is 0. The van der Waals surface area contributed by atoms with Crippen LogP contribution in [-0.2, 0) is 5.75 Å². The third kappa shape index (κ3) is 5.45. The molecule has 1 aromatic carbocycles. The van der Waals surface area contributed by atoms with E-state index in [1.54, 1.807) is 53.4 Å². The van der Waals surface area contributed by atoms with Crippen LogP contribution in [-0.4, -0.2) is 24.1 Å². The van der Waals surface area contributed by atoms with E-state index in [0.29, 0.717) is 22.7 Å². The maximum Gasteiger partial charge on any atom is 0.265 e. The van der Waals surface area contributed by atoms with Gasteiger partial charge >= 0.3 is 0 Å². The summed E-state index contributed by atoms with van der Waals surface area (Å²) in [6.07, 6.45) is 0. The van der Waals surface area contributed by atoms with Crippen LogP contribution in [0.15, 0.2) is 59.3 Å². The highest BCUT2D eigenvalue weighted by molar-refractivity contribution is 7.98. The van der Waals surface area contributed by atoms with Gasteiger partial charge in [0.1, 0.15) is 0 Å². The Morgan fingerprint density at radius 3 is 2.38 bits per heavy atom. The first kappa shape index (κ1) is 18.7. The number of hydrogen-bond acceptors (Lipinski definition) is 5. The first-order valence-corrected chi connectivity index (χ1v) is 11.0. The van der Waals surface area contributed by atoms with E-state index in [-0.39, 0.29) is 11.8 Å². The average Bonchev–Trinajstić information content (AvgIpc) is 3.36. The number of benzene rings is 1. The van der Waals surface area contributed by atoms with Crippen LogP contribution in [0.1, 0.15) is 24.9 Å². The van der Waals surface area contributed by atoms with Crippen LogP contribution in [0.3, 0.4) is 0 Å². The van der Waals surface area contributed by atoms with E-state index in [9.17, 15) is 9.59 Å². The molecule has 26 heavy (non-hydrogen) atoms. The van der Waals surface area contributed by atoms with Gasteiger partial charge in [0.15, 0.2) is 0 Å². The normalized spacial score (nSPS) is 10.5. The first-order chi connectivity index (χ1) is 12.7. The smallest absolute Gasteiger partial charge is 0.265 e. The summed E-state index contributed by atoms with van der Waals surface area (Å²) < 4.78 is 0. The average molecular weight is 403 g/mol. The molecule has 0 bridgehead atoms. The molecule has 4 nitrogen and oxygen atoms in total. The van der Waals surface area contributed by atoms with E-state index in [0.717, 1.165) is 11.5 Å². The van der Waals surface area contributed by atoms with E-state index in [1.807, 2.05) is 11.4 Å². The van der Waals surface area contributed by atoms with Crippen LogP contribution in [0.4, 0.5) is 5.69 Å². The molecule has 0 aliphatic carbocycles. The largest absolute Gasteiger partial charge is 0.351 e. The van der Waals surface area contributed by atoms with Crippen molar-refractivity contribution in [2.75, 3.05) is 17.6 Å². The van der Waals surface area contributed by atoms with E-state index in [2.05, 4.69) is 28.1 Å². The van der Waals surface area contributed by atoms with E-state index in [1.165, 1.54) is 16.2 Å². The lowest BCUT2D eigenvalue weighted by Crippen LogP contribution is -2.25. The third-order valence-corrected chi connectivity index (χ3v) is 6.44. The number of amides is 2. The van der Waals surface area contributed by atoms with Crippen molar-refractivity contribution < 1.29 is 9.59 Å². The Kier molecular flexibility index (Phi) is 6.88. The molecule has 0 aliphatic heterocycles. The number of rotatable bonds is 8. The van der Waals surface area contributed by atoms with Gasteiger partial charge in [-0.15, -0.1) is 22.7 Å². The van der Waals surface area contributed by atoms with Gasteiger partial charge in [-0.05, 0) is 47.2 Å². The van der Waals surface area contributed by atoms with Crippen molar-refractivity contribution in [1.29, 1.82) is 0 Å². The lowest BCUT2D eigenvalue weighted by atomic mass is 10.2. The number of carbonyl (C=O) groups excluding carboxylic acids is 2. The molecule has 0 spiro atoms. The fraction of sp³-hybridized carbons (Fsp3) is 0.158. The van der Waals surface area contributed by atoms with Gasteiger partial charge in [-0.2, -0.15) is 11.8 Å². The van der Waals surface area contributed by atoms with Crippen molar-refractivity contribution in [3.8, 4) is 0 Å². The molecule has 0 aliphatic rings. The van der Waals surface area contributed by atoms with Crippen molar-refractivity contribution in [1.82, 2.24) is 5.32 Å². The molecule has 3 aromatic rings. The standard InChI is InChI=1S/C19H18N2O2S3/c22-18(20-9-12-24-13-16-3-1-10-25-16)14-5-7-15(8-6-14)21-19(23)17-4-2-11-26-17/h1-8,10-11H,9,12-13H2,(H,20,22)(H,21,23). The van der Waals surface area contributed by atoms with Crippen LogP contribution in [0.2, 0.25) is 0 Å². The second-order valence-corrected chi connectivity index (χ2v) is 8.48. The summed E-state index contributed by atoms with van der Waals surface area (Å²) >= 11 is 4.95. The molecule has 7 heteroatoms. The highest BCUT2D eigenvalue weighted by Crippen LogP contribution is 2.17. The van der Waals surface area contributed by atoms with Crippen LogP contribution < -0.4 is 10.6 Å². The minimum absolute atomic E-state index is 0.0992. The highest BCUT2D eigenvalue weighted by atomic mass is 32.2. The number of thiophene rings is 2. The maximum atomic E-state index is 12.2. The number of hydrogen-bond donors (Lipinski definition) is 2. The molecule has 0 fully saturated rings. The molecule has 2 heterocycles. The van der Waals surface area contributed by atoms with Crippen LogP contribution >= 0.6 is 34.4 Å². The summed E-state index contributed by atoms with van der Waals surface area (Å²) in [6.45, 7) is 0.631. The summed E-state index contributed by atoms with van der Waals surface area (Å²) in [5, 5.41) is 9.68. The lowest BCUT2D eigenvalue weighted by Gasteiger charge is -2.07. The second kappa shape index (κ2) is 9.56. The molecule has 2 amide bonds. The predicted octanol–water partition coefficient (Wildman–Crippen LogP) is 4.73. The van der Waals surface area contributed by atoms with Gasteiger partial charge in [0.05, 0.1) is 4.88 Å². The molecule has 2 aromatic heterocycles. The molecule has 134 valence electrons. The Morgan fingerprint density at radius 1 is 0.923 bits per heavy atom. The number of anilines is 1. The molecule has 2 N–H and O–H groups in total. The van der Waals surface area contributed by atoms with E-state index in [4.69, 9.17) is 0 Å². The molecule has 0 saturated carbocycles. The molecule has 0 unspecified atom stereocenters. The first-order valence-electron chi connectivity index (χ1n) is 8.05. The van der Waals surface area contributed by atoms with Crippen molar-refractivity contribution >= 4 is 51.9 Å². The number of thioether (sulfide) groups is 1. The minimum Gasteiger partial charge on any atom is -0.351 e. The van der Waals surface area contributed by atoms with E-state index >= 15 is 0 Å². The van der Waals surface area contributed by atoms with Gasteiger partial charge in [-0.25, -0.2) is 0 Å². The third-order valence-electron chi connectivity index (χ3n) is 3.51.